The van der Waals surface area contributed by atoms with Gasteiger partial charge in [-0.15, -0.1) is 0 Å². The molecule has 0 aliphatic heterocycles. The molecule has 0 atom stereocenters. The Kier molecular flexibility index (Phi) is 7.60. The molecule has 0 aliphatic rings. The first kappa shape index (κ1) is 21.9. The first-order valence-electron chi connectivity index (χ1n) is 9.40. The maximum absolute atomic E-state index is 12.5. The predicted molar refractivity (Wildman–Crippen MR) is 111 cm³/mol. The number of anilines is 1. The molecule has 0 unspecified atom stereocenters. The normalized spacial score (nSPS) is 11.3. The van der Waals surface area contributed by atoms with Gasteiger partial charge in [-0.05, 0) is 67.8 Å². The van der Waals surface area contributed by atoms with E-state index in [4.69, 9.17) is 9.88 Å². The van der Waals surface area contributed by atoms with E-state index >= 15 is 0 Å². The monoisotopic (exact) mass is 404 g/mol. The summed E-state index contributed by atoms with van der Waals surface area (Å²) in [4.78, 5) is 12.5. The Morgan fingerprint density at radius 1 is 1.07 bits per heavy atom. The van der Waals surface area contributed by atoms with Crippen LogP contribution in [0.2, 0.25) is 0 Å². The fraction of sp³-hybridized carbons (Fsp3) is 0.381. The lowest BCUT2D eigenvalue weighted by Crippen LogP contribution is -2.16. The fourth-order valence-corrected chi connectivity index (χ4v) is 3.36. The molecule has 0 saturated heterocycles. The van der Waals surface area contributed by atoms with Gasteiger partial charge in [-0.3, -0.25) is 4.79 Å². The Balaban J connectivity index is 2.06. The quantitative estimate of drug-likeness (QED) is 0.613. The highest BCUT2D eigenvalue weighted by Gasteiger charge is 2.15. The SMILES string of the molecule is CCCCCCOc1ccc(C(=O)Nc2cc(S(N)(=O)=O)cc(C)c2C)cc1. The van der Waals surface area contributed by atoms with Crippen molar-refractivity contribution in [2.45, 2.75) is 51.3 Å². The topological polar surface area (TPSA) is 98.5 Å². The molecule has 7 heteroatoms. The van der Waals surface area contributed by atoms with E-state index in [1.165, 1.54) is 25.0 Å². The molecular weight excluding hydrogens is 376 g/mol. The standard InChI is InChI=1S/C21H28N2O4S/c1-4-5-6-7-12-27-18-10-8-17(9-11-18)21(24)23-20-14-19(28(22,25)26)13-15(2)16(20)3/h8-11,13-14H,4-7,12H2,1-3H3,(H,23,24)(H2,22,25,26). The van der Waals surface area contributed by atoms with Gasteiger partial charge in [-0.1, -0.05) is 26.2 Å². The van der Waals surface area contributed by atoms with Crippen LogP contribution >= 0.6 is 0 Å². The van der Waals surface area contributed by atoms with Gasteiger partial charge < -0.3 is 10.1 Å². The Morgan fingerprint density at radius 3 is 2.36 bits per heavy atom. The molecule has 0 heterocycles. The van der Waals surface area contributed by atoms with Gasteiger partial charge in [0, 0.05) is 11.3 Å². The van der Waals surface area contributed by atoms with Crippen LogP contribution in [-0.2, 0) is 10.0 Å². The van der Waals surface area contributed by atoms with E-state index in [2.05, 4.69) is 12.2 Å². The Bertz CT molecular complexity index is 922. The molecule has 0 aromatic heterocycles. The number of aryl methyl sites for hydroxylation is 1. The minimum Gasteiger partial charge on any atom is -0.494 e. The number of hydrogen-bond donors (Lipinski definition) is 2. The molecule has 2 aromatic carbocycles. The maximum Gasteiger partial charge on any atom is 0.255 e. The van der Waals surface area contributed by atoms with Crippen LogP contribution in [0.15, 0.2) is 41.3 Å². The van der Waals surface area contributed by atoms with Crippen molar-refractivity contribution in [2.75, 3.05) is 11.9 Å². The number of unbranched alkanes of at least 4 members (excludes halogenated alkanes) is 3. The third kappa shape index (κ3) is 6.07. The zero-order valence-electron chi connectivity index (χ0n) is 16.6. The summed E-state index contributed by atoms with van der Waals surface area (Å²) in [5, 5.41) is 7.98. The second kappa shape index (κ2) is 9.71. The predicted octanol–water partition coefficient (Wildman–Crippen LogP) is 4.16. The lowest BCUT2D eigenvalue weighted by molar-refractivity contribution is 0.102. The highest BCUT2D eigenvalue weighted by Crippen LogP contribution is 2.24. The summed E-state index contributed by atoms with van der Waals surface area (Å²) in [5.74, 6) is 0.389. The summed E-state index contributed by atoms with van der Waals surface area (Å²) in [5.41, 5.74) is 2.39. The van der Waals surface area contributed by atoms with Crippen LogP contribution < -0.4 is 15.2 Å². The molecule has 0 saturated carbocycles. The van der Waals surface area contributed by atoms with Crippen molar-refractivity contribution >= 4 is 21.6 Å². The minimum atomic E-state index is -3.85. The molecule has 0 aliphatic carbocycles. The fourth-order valence-electron chi connectivity index (χ4n) is 2.74. The molecule has 152 valence electrons. The molecule has 1 amide bonds. The van der Waals surface area contributed by atoms with Gasteiger partial charge in [-0.2, -0.15) is 0 Å². The summed E-state index contributed by atoms with van der Waals surface area (Å²) >= 11 is 0. The number of nitrogens with two attached hydrogens (primary N) is 1. The number of primary sulfonamides is 1. The number of hydrogen-bond acceptors (Lipinski definition) is 4. The van der Waals surface area contributed by atoms with Crippen molar-refractivity contribution < 1.29 is 17.9 Å². The average molecular weight is 405 g/mol. The molecule has 6 nitrogen and oxygen atoms in total. The van der Waals surface area contributed by atoms with Crippen molar-refractivity contribution in [3.05, 3.63) is 53.1 Å². The van der Waals surface area contributed by atoms with E-state index in [9.17, 15) is 13.2 Å². The van der Waals surface area contributed by atoms with Gasteiger partial charge >= 0.3 is 0 Å². The van der Waals surface area contributed by atoms with Crippen molar-refractivity contribution in [1.29, 1.82) is 0 Å². The zero-order valence-corrected chi connectivity index (χ0v) is 17.4. The van der Waals surface area contributed by atoms with E-state index in [1.807, 2.05) is 6.92 Å². The summed E-state index contributed by atoms with van der Waals surface area (Å²) in [6.45, 7) is 6.41. The molecule has 0 bridgehead atoms. The number of ether oxygens (including phenoxy) is 1. The average Bonchev–Trinajstić information content (AvgIpc) is 2.64. The van der Waals surface area contributed by atoms with Gasteiger partial charge in [0.1, 0.15) is 5.75 Å². The molecule has 0 spiro atoms. The van der Waals surface area contributed by atoms with Crippen molar-refractivity contribution in [2.24, 2.45) is 5.14 Å². The van der Waals surface area contributed by atoms with Crippen molar-refractivity contribution in [3.63, 3.8) is 0 Å². The third-order valence-electron chi connectivity index (χ3n) is 4.60. The van der Waals surface area contributed by atoms with E-state index < -0.39 is 10.0 Å². The number of carbonyl (C=O) groups is 1. The van der Waals surface area contributed by atoms with Crippen molar-refractivity contribution in [1.82, 2.24) is 0 Å². The van der Waals surface area contributed by atoms with Crippen LogP contribution in [0, 0.1) is 13.8 Å². The van der Waals surface area contributed by atoms with Gasteiger partial charge in [0.2, 0.25) is 10.0 Å². The van der Waals surface area contributed by atoms with E-state index in [0.717, 1.165) is 29.7 Å². The van der Waals surface area contributed by atoms with E-state index in [1.54, 1.807) is 31.2 Å². The summed E-state index contributed by atoms with van der Waals surface area (Å²) in [6, 6.07) is 9.75. The smallest absolute Gasteiger partial charge is 0.255 e. The summed E-state index contributed by atoms with van der Waals surface area (Å²) < 4.78 is 29.0. The second-order valence-corrected chi connectivity index (χ2v) is 8.41. The lowest BCUT2D eigenvalue weighted by Gasteiger charge is -2.13. The van der Waals surface area contributed by atoms with E-state index in [0.29, 0.717) is 17.9 Å². The molecule has 3 N–H and O–H groups in total. The third-order valence-corrected chi connectivity index (χ3v) is 5.49. The van der Waals surface area contributed by atoms with Crippen LogP contribution in [0.5, 0.6) is 5.75 Å². The van der Waals surface area contributed by atoms with Gasteiger partial charge in [-0.25, -0.2) is 13.6 Å². The number of rotatable bonds is 9. The first-order chi connectivity index (χ1) is 13.2. The lowest BCUT2D eigenvalue weighted by atomic mass is 10.1. The number of carbonyl (C=O) groups excluding carboxylic acids is 1. The van der Waals surface area contributed by atoms with Gasteiger partial charge in [0.25, 0.3) is 5.91 Å². The highest BCUT2D eigenvalue weighted by atomic mass is 32.2. The van der Waals surface area contributed by atoms with E-state index in [-0.39, 0.29) is 10.8 Å². The molecule has 2 aromatic rings. The highest BCUT2D eigenvalue weighted by molar-refractivity contribution is 7.89. The molecular formula is C21H28N2O4S. The second-order valence-electron chi connectivity index (χ2n) is 6.85. The van der Waals surface area contributed by atoms with Crippen LogP contribution in [0.1, 0.15) is 54.1 Å². The molecule has 0 fully saturated rings. The van der Waals surface area contributed by atoms with Crippen molar-refractivity contribution in [3.8, 4) is 5.75 Å². The molecule has 0 radical (unpaired) electrons. The number of benzene rings is 2. The largest absolute Gasteiger partial charge is 0.494 e. The van der Waals surface area contributed by atoms with Gasteiger partial charge in [0.15, 0.2) is 0 Å². The molecule has 28 heavy (non-hydrogen) atoms. The maximum atomic E-state index is 12.5. The number of nitrogens with one attached hydrogen (secondary N) is 1. The number of sulfonamides is 1. The van der Waals surface area contributed by atoms with Gasteiger partial charge in [0.05, 0.1) is 11.5 Å². The van der Waals surface area contributed by atoms with Crippen LogP contribution in [0.3, 0.4) is 0 Å². The summed E-state index contributed by atoms with van der Waals surface area (Å²) in [7, 11) is -3.85. The van der Waals surface area contributed by atoms with Crippen LogP contribution in [0.4, 0.5) is 5.69 Å². The number of amides is 1. The first-order valence-corrected chi connectivity index (χ1v) is 10.9. The Morgan fingerprint density at radius 2 is 1.75 bits per heavy atom. The minimum absolute atomic E-state index is 0.0299. The van der Waals surface area contributed by atoms with Crippen LogP contribution in [-0.4, -0.2) is 20.9 Å². The van der Waals surface area contributed by atoms with Crippen LogP contribution in [0.25, 0.3) is 0 Å². The molecule has 2 rings (SSSR count). The Labute approximate surface area is 167 Å². The summed E-state index contributed by atoms with van der Waals surface area (Å²) in [6.07, 6.45) is 4.54. The zero-order chi connectivity index (χ0) is 20.7. The Hall–Kier alpha value is -2.38.